The molecule has 0 aliphatic rings. The minimum atomic E-state index is -0.871. The highest BCUT2D eigenvalue weighted by atomic mass is 19.1. The second-order valence-electron chi connectivity index (χ2n) is 5.14. The summed E-state index contributed by atoms with van der Waals surface area (Å²) in [5.74, 6) is -1.99. The molecule has 94 valence electrons. The largest absolute Gasteiger partial charge is 0.397 e. The number of carbonyl (C=O) groups is 1. The molecule has 3 nitrogen and oxygen atoms in total. The molecule has 0 radical (unpaired) electrons. The van der Waals surface area contributed by atoms with E-state index in [0.29, 0.717) is 6.07 Å². The number of carbonyl (C=O) groups excluding carboxylic acids is 1. The Morgan fingerprint density at radius 2 is 1.94 bits per heavy atom. The Hall–Kier alpha value is -1.65. The molecule has 5 heteroatoms. The fourth-order valence-corrected chi connectivity index (χ4v) is 1.39. The third kappa shape index (κ3) is 4.01. The second-order valence-corrected chi connectivity index (χ2v) is 5.14. The van der Waals surface area contributed by atoms with Crippen molar-refractivity contribution in [2.45, 2.75) is 27.2 Å². The van der Waals surface area contributed by atoms with Gasteiger partial charge in [0.2, 0.25) is 5.91 Å². The summed E-state index contributed by atoms with van der Waals surface area (Å²) in [6.07, 6.45) is 0.225. The highest BCUT2D eigenvalue weighted by Crippen LogP contribution is 2.25. The predicted octanol–water partition coefficient (Wildman–Crippen LogP) is 2.92. The van der Waals surface area contributed by atoms with Crippen LogP contribution in [0.3, 0.4) is 0 Å². The van der Waals surface area contributed by atoms with Gasteiger partial charge in [-0.15, -0.1) is 0 Å². The summed E-state index contributed by atoms with van der Waals surface area (Å²) >= 11 is 0. The van der Waals surface area contributed by atoms with Gasteiger partial charge >= 0.3 is 0 Å². The van der Waals surface area contributed by atoms with E-state index in [-0.39, 0.29) is 29.1 Å². The molecule has 0 fully saturated rings. The number of nitrogens with one attached hydrogen (secondary N) is 1. The van der Waals surface area contributed by atoms with Crippen molar-refractivity contribution in [3.8, 4) is 0 Å². The lowest BCUT2D eigenvalue weighted by molar-refractivity contribution is -0.117. The van der Waals surface area contributed by atoms with Crippen LogP contribution in [0.4, 0.5) is 20.2 Å². The topological polar surface area (TPSA) is 55.1 Å². The van der Waals surface area contributed by atoms with Gasteiger partial charge in [0.1, 0.15) is 11.5 Å². The normalized spacial score (nSPS) is 11.4. The molecule has 0 spiro atoms. The molecule has 0 bridgehead atoms. The average Bonchev–Trinajstić information content (AvgIpc) is 2.08. The quantitative estimate of drug-likeness (QED) is 0.783. The SMILES string of the molecule is CC(C)(C)CC(=O)Nc1c(N)cc(F)cc1F. The Balaban J connectivity index is 2.86. The number of hydrogen-bond donors (Lipinski definition) is 2. The van der Waals surface area contributed by atoms with Crippen molar-refractivity contribution < 1.29 is 13.6 Å². The van der Waals surface area contributed by atoms with Crippen molar-refractivity contribution >= 4 is 17.3 Å². The van der Waals surface area contributed by atoms with E-state index in [9.17, 15) is 13.6 Å². The van der Waals surface area contributed by atoms with Crippen LogP contribution in [0.5, 0.6) is 0 Å². The van der Waals surface area contributed by atoms with Crippen molar-refractivity contribution in [3.05, 3.63) is 23.8 Å². The van der Waals surface area contributed by atoms with Crippen molar-refractivity contribution in [3.63, 3.8) is 0 Å². The van der Waals surface area contributed by atoms with Crippen molar-refractivity contribution in [2.24, 2.45) is 5.41 Å². The van der Waals surface area contributed by atoms with Crippen LogP contribution in [-0.2, 0) is 4.79 Å². The van der Waals surface area contributed by atoms with Gasteiger partial charge in [-0.2, -0.15) is 0 Å². The second kappa shape index (κ2) is 4.69. The molecule has 0 unspecified atom stereocenters. The van der Waals surface area contributed by atoms with Gasteiger partial charge in [-0.25, -0.2) is 8.78 Å². The van der Waals surface area contributed by atoms with E-state index in [0.717, 1.165) is 6.07 Å². The van der Waals surface area contributed by atoms with Crippen LogP contribution in [0.15, 0.2) is 12.1 Å². The molecular formula is C12H16F2N2O. The zero-order valence-electron chi connectivity index (χ0n) is 10.1. The van der Waals surface area contributed by atoms with Gasteiger partial charge in [0, 0.05) is 12.5 Å². The Morgan fingerprint density at radius 3 is 2.41 bits per heavy atom. The summed E-state index contributed by atoms with van der Waals surface area (Å²) in [5, 5.41) is 2.36. The molecule has 1 amide bonds. The van der Waals surface area contributed by atoms with Gasteiger partial charge in [-0.1, -0.05) is 20.8 Å². The first-order valence-electron chi connectivity index (χ1n) is 5.23. The van der Waals surface area contributed by atoms with Crippen molar-refractivity contribution in [1.29, 1.82) is 0 Å². The van der Waals surface area contributed by atoms with Gasteiger partial charge in [0.25, 0.3) is 0 Å². The minimum absolute atomic E-state index is 0.121. The molecule has 3 N–H and O–H groups in total. The van der Waals surface area contributed by atoms with Gasteiger partial charge in [0.15, 0.2) is 5.82 Å². The Labute approximate surface area is 99.0 Å². The maximum atomic E-state index is 13.4. The first kappa shape index (κ1) is 13.4. The fourth-order valence-electron chi connectivity index (χ4n) is 1.39. The summed E-state index contributed by atoms with van der Waals surface area (Å²) in [6.45, 7) is 5.66. The van der Waals surface area contributed by atoms with E-state index < -0.39 is 11.6 Å². The van der Waals surface area contributed by atoms with Crippen LogP contribution in [0.1, 0.15) is 27.2 Å². The lowest BCUT2D eigenvalue weighted by Gasteiger charge is -2.18. The molecule has 0 heterocycles. The Morgan fingerprint density at radius 1 is 1.35 bits per heavy atom. The van der Waals surface area contributed by atoms with Crippen molar-refractivity contribution in [1.82, 2.24) is 0 Å². The summed E-state index contributed by atoms with van der Waals surface area (Å²) in [4.78, 5) is 11.6. The van der Waals surface area contributed by atoms with Crippen molar-refractivity contribution in [2.75, 3.05) is 11.1 Å². The molecule has 0 saturated heterocycles. The number of rotatable bonds is 2. The first-order chi connectivity index (χ1) is 7.69. The number of benzene rings is 1. The van der Waals surface area contributed by atoms with Crippen LogP contribution in [-0.4, -0.2) is 5.91 Å². The molecule has 0 saturated carbocycles. The number of hydrogen-bond acceptors (Lipinski definition) is 2. The zero-order chi connectivity index (χ0) is 13.2. The summed E-state index contributed by atoms with van der Waals surface area (Å²) in [6, 6.07) is 1.65. The molecule has 1 aromatic carbocycles. The summed E-state index contributed by atoms with van der Waals surface area (Å²) in [7, 11) is 0. The molecule has 1 rings (SSSR count). The Bertz CT molecular complexity index is 416. The van der Waals surface area contributed by atoms with Crippen LogP contribution in [0, 0.1) is 17.0 Å². The van der Waals surface area contributed by atoms with E-state index >= 15 is 0 Å². The fraction of sp³-hybridized carbons (Fsp3) is 0.417. The van der Waals surface area contributed by atoms with E-state index in [1.54, 1.807) is 0 Å². The van der Waals surface area contributed by atoms with E-state index in [2.05, 4.69) is 5.32 Å². The molecule has 0 atom stereocenters. The number of halogens is 2. The van der Waals surface area contributed by atoms with Crippen LogP contribution >= 0.6 is 0 Å². The molecule has 0 aliphatic carbocycles. The number of amides is 1. The number of nitrogens with two attached hydrogens (primary N) is 1. The highest BCUT2D eigenvalue weighted by molar-refractivity contribution is 5.94. The summed E-state index contributed by atoms with van der Waals surface area (Å²) < 4.78 is 26.2. The molecule has 1 aromatic rings. The molecule has 0 aliphatic heterocycles. The monoisotopic (exact) mass is 242 g/mol. The van der Waals surface area contributed by atoms with Gasteiger partial charge in [-0.3, -0.25) is 4.79 Å². The molecule has 17 heavy (non-hydrogen) atoms. The number of nitrogen functional groups attached to an aromatic ring is 1. The molecular weight excluding hydrogens is 226 g/mol. The third-order valence-corrected chi connectivity index (χ3v) is 2.04. The first-order valence-corrected chi connectivity index (χ1v) is 5.23. The lowest BCUT2D eigenvalue weighted by atomic mass is 9.92. The maximum absolute atomic E-state index is 13.4. The standard InChI is InChI=1S/C12H16F2N2O/c1-12(2,3)6-10(17)16-11-8(14)4-7(13)5-9(11)15/h4-5H,6,15H2,1-3H3,(H,16,17). The third-order valence-electron chi connectivity index (χ3n) is 2.04. The highest BCUT2D eigenvalue weighted by Gasteiger charge is 2.18. The van der Waals surface area contributed by atoms with Gasteiger partial charge < -0.3 is 11.1 Å². The lowest BCUT2D eigenvalue weighted by Crippen LogP contribution is -2.21. The van der Waals surface area contributed by atoms with Crippen LogP contribution in [0.25, 0.3) is 0 Å². The van der Waals surface area contributed by atoms with E-state index in [4.69, 9.17) is 5.73 Å². The smallest absolute Gasteiger partial charge is 0.225 e. The van der Waals surface area contributed by atoms with E-state index in [1.807, 2.05) is 20.8 Å². The maximum Gasteiger partial charge on any atom is 0.225 e. The average molecular weight is 242 g/mol. The predicted molar refractivity (Wildman–Crippen MR) is 63.5 cm³/mol. The van der Waals surface area contributed by atoms with E-state index in [1.165, 1.54) is 0 Å². The van der Waals surface area contributed by atoms with Gasteiger partial charge in [-0.05, 0) is 11.5 Å². The van der Waals surface area contributed by atoms with Crippen LogP contribution in [0.2, 0.25) is 0 Å². The number of anilines is 2. The van der Waals surface area contributed by atoms with Crippen LogP contribution < -0.4 is 11.1 Å². The Kier molecular flexibility index (Phi) is 3.70. The van der Waals surface area contributed by atoms with Gasteiger partial charge in [0.05, 0.1) is 5.69 Å². The summed E-state index contributed by atoms with van der Waals surface area (Å²) in [5.41, 5.74) is 4.94. The molecule has 0 aromatic heterocycles. The minimum Gasteiger partial charge on any atom is -0.397 e. The zero-order valence-corrected chi connectivity index (χ0v) is 10.1.